The number of fused-ring (bicyclic) bond motifs is 1. The highest BCUT2D eigenvalue weighted by Crippen LogP contribution is 2.35. The van der Waals surface area contributed by atoms with E-state index in [-0.39, 0.29) is 51.5 Å². The average molecular weight is 523 g/mol. The van der Waals surface area contributed by atoms with E-state index in [1.165, 1.54) is 18.3 Å². The molecule has 2 heterocycles. The molecule has 0 aliphatic rings. The van der Waals surface area contributed by atoms with E-state index in [0.717, 1.165) is 0 Å². The zero-order chi connectivity index (χ0) is 25.9. The van der Waals surface area contributed by atoms with E-state index in [1.807, 2.05) is 0 Å². The molecule has 0 spiro atoms. The summed E-state index contributed by atoms with van der Waals surface area (Å²) in [7, 11) is 1.69. The van der Waals surface area contributed by atoms with Crippen LogP contribution in [0.2, 0.25) is 10.0 Å². The molecule has 0 aliphatic carbocycles. The number of amides is 1. The Balaban J connectivity index is 1.80. The predicted octanol–water partition coefficient (Wildman–Crippen LogP) is 1.58. The Kier molecular flexibility index (Phi) is 7.71. The number of carbonyl (C=O) groups excluding carboxylic acids is 1. The summed E-state index contributed by atoms with van der Waals surface area (Å²) in [5, 5.41) is 20.5. The average Bonchev–Trinajstić information content (AvgIpc) is 2.75. The number of aliphatic carboxylic acids is 2. The first-order valence-electron chi connectivity index (χ1n) is 9.96. The molecule has 3 aromatic rings. The number of anilines is 3. The largest absolute Gasteiger partial charge is 0.481 e. The van der Waals surface area contributed by atoms with E-state index in [0.29, 0.717) is 11.4 Å². The van der Waals surface area contributed by atoms with Gasteiger partial charge in [-0.25, -0.2) is 14.8 Å². The lowest BCUT2D eigenvalue weighted by atomic mass is 10.1. The first kappa shape index (κ1) is 25.6. The van der Waals surface area contributed by atoms with Crippen LogP contribution in [0.25, 0.3) is 11.2 Å². The highest BCUT2D eigenvalue weighted by atomic mass is 35.5. The zero-order valence-corrected chi connectivity index (χ0v) is 19.7. The molecule has 13 nitrogen and oxygen atoms in total. The third kappa shape index (κ3) is 6.13. The maximum atomic E-state index is 12.6. The molecular formula is C20H20Cl2N8O5. The van der Waals surface area contributed by atoms with Crippen molar-refractivity contribution in [2.45, 2.75) is 25.4 Å². The van der Waals surface area contributed by atoms with Crippen LogP contribution >= 0.6 is 23.2 Å². The molecule has 3 rings (SSSR count). The summed E-state index contributed by atoms with van der Waals surface area (Å²) in [6.07, 6.45) is 0.774. The van der Waals surface area contributed by atoms with Gasteiger partial charge in [0, 0.05) is 19.0 Å². The monoisotopic (exact) mass is 522 g/mol. The number of aromatic nitrogens is 4. The summed E-state index contributed by atoms with van der Waals surface area (Å²) in [4.78, 5) is 52.8. The van der Waals surface area contributed by atoms with Crippen LogP contribution in [0.15, 0.2) is 18.3 Å². The van der Waals surface area contributed by atoms with Crippen molar-refractivity contribution in [1.82, 2.24) is 25.3 Å². The Bertz CT molecular complexity index is 1300. The normalized spacial score (nSPS) is 11.7. The number of hydrogen-bond acceptors (Lipinski definition) is 10. The van der Waals surface area contributed by atoms with E-state index >= 15 is 0 Å². The lowest BCUT2D eigenvalue weighted by Crippen LogP contribution is -2.41. The maximum Gasteiger partial charge on any atom is 0.326 e. The smallest absolute Gasteiger partial charge is 0.326 e. The number of nitrogens with two attached hydrogens (primary N) is 2. The number of rotatable bonds is 9. The zero-order valence-electron chi connectivity index (χ0n) is 18.2. The number of carboxylic acids is 2. The first-order valence-corrected chi connectivity index (χ1v) is 10.7. The van der Waals surface area contributed by atoms with Crippen molar-refractivity contribution in [3.05, 3.63) is 39.6 Å². The van der Waals surface area contributed by atoms with Gasteiger partial charge in [-0.2, -0.15) is 9.97 Å². The molecule has 0 fully saturated rings. The summed E-state index contributed by atoms with van der Waals surface area (Å²) in [5.41, 5.74) is 12.8. The van der Waals surface area contributed by atoms with Gasteiger partial charge in [-0.1, -0.05) is 23.2 Å². The fourth-order valence-electron chi connectivity index (χ4n) is 3.21. The molecule has 0 aliphatic heterocycles. The molecule has 1 atom stereocenters. The molecule has 35 heavy (non-hydrogen) atoms. The minimum absolute atomic E-state index is 0.00623. The van der Waals surface area contributed by atoms with Gasteiger partial charge in [0.2, 0.25) is 5.95 Å². The molecule has 0 bridgehead atoms. The van der Waals surface area contributed by atoms with Crippen LogP contribution in [0.1, 0.15) is 28.9 Å². The lowest BCUT2D eigenvalue weighted by molar-refractivity contribution is -0.140. The van der Waals surface area contributed by atoms with Gasteiger partial charge in [0.25, 0.3) is 5.91 Å². The maximum absolute atomic E-state index is 12.6. The molecule has 184 valence electrons. The van der Waals surface area contributed by atoms with Crippen LogP contribution in [0.3, 0.4) is 0 Å². The molecule has 1 aromatic carbocycles. The second-order valence-electron chi connectivity index (χ2n) is 7.44. The summed E-state index contributed by atoms with van der Waals surface area (Å²) in [5.74, 6) is -3.25. The van der Waals surface area contributed by atoms with Gasteiger partial charge in [-0.3, -0.25) is 9.59 Å². The quantitative estimate of drug-likeness (QED) is 0.271. The van der Waals surface area contributed by atoms with Crippen molar-refractivity contribution >= 4 is 69.7 Å². The number of halogens is 2. The highest BCUT2D eigenvalue weighted by Gasteiger charge is 2.23. The molecule has 2 aromatic heterocycles. The molecular weight excluding hydrogens is 503 g/mol. The van der Waals surface area contributed by atoms with Crippen LogP contribution in [0, 0.1) is 0 Å². The highest BCUT2D eigenvalue weighted by molar-refractivity contribution is 6.39. The molecule has 15 heteroatoms. The van der Waals surface area contributed by atoms with Crippen molar-refractivity contribution < 1.29 is 24.6 Å². The second-order valence-corrected chi connectivity index (χ2v) is 8.26. The number of carboxylic acid groups (broad SMARTS) is 2. The van der Waals surface area contributed by atoms with Crippen LogP contribution in [-0.2, 0) is 16.1 Å². The summed E-state index contributed by atoms with van der Waals surface area (Å²) < 4.78 is 0. The van der Waals surface area contributed by atoms with Gasteiger partial charge in [-0.15, -0.1) is 0 Å². The molecule has 0 unspecified atom stereocenters. The van der Waals surface area contributed by atoms with Crippen molar-refractivity contribution in [3.8, 4) is 0 Å². The molecule has 0 saturated carbocycles. The van der Waals surface area contributed by atoms with Gasteiger partial charge in [-0.05, 0) is 18.6 Å². The number of carbonyl (C=O) groups is 3. The van der Waals surface area contributed by atoms with Crippen LogP contribution in [0.5, 0.6) is 0 Å². The molecule has 1 amide bonds. The fourth-order valence-corrected chi connectivity index (χ4v) is 3.98. The number of nitrogens with one attached hydrogen (secondary N) is 1. The minimum atomic E-state index is -1.39. The van der Waals surface area contributed by atoms with Gasteiger partial charge in [0.05, 0.1) is 34.2 Å². The number of nitrogens with zero attached hydrogens (tertiary/aromatic N) is 5. The molecule has 7 N–H and O–H groups in total. The number of hydrogen-bond donors (Lipinski definition) is 5. The fraction of sp³-hybridized carbons (Fsp3) is 0.250. The SMILES string of the molecule is CN(Cc1cnc2nc(N)nc(N)c2n1)c1c(Cl)cc(C(=O)N[C@@H](CCC(=O)O)C(=O)O)cc1Cl. The summed E-state index contributed by atoms with van der Waals surface area (Å²) >= 11 is 12.8. The Labute approximate surface area is 208 Å². The summed E-state index contributed by atoms with van der Waals surface area (Å²) in [6.45, 7) is 0.202. The van der Waals surface area contributed by atoms with E-state index in [2.05, 4.69) is 25.3 Å². The second kappa shape index (κ2) is 10.5. The number of benzene rings is 1. The van der Waals surface area contributed by atoms with E-state index in [4.69, 9.17) is 39.8 Å². The third-order valence-electron chi connectivity index (χ3n) is 4.81. The number of nitrogen functional groups attached to an aromatic ring is 2. The predicted molar refractivity (Wildman–Crippen MR) is 128 cm³/mol. The topological polar surface area (TPSA) is 211 Å². The third-order valence-corrected chi connectivity index (χ3v) is 5.39. The Morgan fingerprint density at radius 3 is 2.37 bits per heavy atom. The lowest BCUT2D eigenvalue weighted by Gasteiger charge is -2.22. The van der Waals surface area contributed by atoms with Crippen molar-refractivity contribution in [3.63, 3.8) is 0 Å². The van der Waals surface area contributed by atoms with Crippen molar-refractivity contribution in [2.75, 3.05) is 23.4 Å². The Morgan fingerprint density at radius 2 is 1.77 bits per heavy atom. The van der Waals surface area contributed by atoms with Gasteiger partial charge in [0.15, 0.2) is 17.0 Å². The van der Waals surface area contributed by atoms with Gasteiger partial charge >= 0.3 is 11.9 Å². The van der Waals surface area contributed by atoms with Crippen LogP contribution < -0.4 is 21.7 Å². The molecule has 0 saturated heterocycles. The van der Waals surface area contributed by atoms with Crippen molar-refractivity contribution in [1.29, 1.82) is 0 Å². The van der Waals surface area contributed by atoms with E-state index < -0.39 is 30.3 Å². The first-order chi connectivity index (χ1) is 16.5. The van der Waals surface area contributed by atoms with Crippen LogP contribution in [0.4, 0.5) is 17.5 Å². The Hall–Kier alpha value is -3.97. The van der Waals surface area contributed by atoms with Crippen LogP contribution in [-0.4, -0.2) is 61.1 Å². The van der Waals surface area contributed by atoms with Gasteiger partial charge in [0.1, 0.15) is 6.04 Å². The standard InChI is InChI=1S/C20H20Cl2N8O5/c1-30(7-9-6-25-17-14(26-9)16(23)28-20(24)29-17)15-10(21)4-8(5-11(15)22)18(33)27-12(19(34)35)2-3-13(31)32/h4-6,12H,2-3,7H2,1H3,(H,27,33)(H,31,32)(H,34,35)(H4,23,24,25,28,29)/t12-/m0/s1. The minimum Gasteiger partial charge on any atom is -0.481 e. The van der Waals surface area contributed by atoms with Crippen molar-refractivity contribution in [2.24, 2.45) is 0 Å². The summed E-state index contributed by atoms with van der Waals surface area (Å²) in [6, 6.07) is 1.26. The van der Waals surface area contributed by atoms with E-state index in [9.17, 15) is 19.5 Å². The molecule has 0 radical (unpaired) electrons. The Morgan fingerprint density at radius 1 is 1.11 bits per heavy atom. The van der Waals surface area contributed by atoms with E-state index in [1.54, 1.807) is 11.9 Å². The van der Waals surface area contributed by atoms with Gasteiger partial charge < -0.3 is 31.9 Å².